The normalized spacial score (nSPS) is 14.8. The van der Waals surface area contributed by atoms with Crippen LogP contribution in [0.25, 0.3) is 0 Å². The molecule has 0 fully saturated rings. The summed E-state index contributed by atoms with van der Waals surface area (Å²) in [5.74, 6) is -0.820. The fraction of sp³-hybridized carbons (Fsp3) is 0.432. The second-order valence-electron chi connectivity index (χ2n) is 12.8. The molecule has 0 saturated carbocycles. The Balaban J connectivity index is 1.52. The summed E-state index contributed by atoms with van der Waals surface area (Å²) in [6.07, 6.45) is 0.433. The Morgan fingerprint density at radius 2 is 1.62 bits per heavy atom. The van der Waals surface area contributed by atoms with Crippen LogP contribution < -0.4 is 16.0 Å². The quantitative estimate of drug-likeness (QED) is 0.0992. The Kier molecular flexibility index (Phi) is 13.1. The fourth-order valence-electron chi connectivity index (χ4n) is 5.27. The molecule has 0 aliphatic heterocycles. The number of alkyl carbamates (subject to hydrolysis) is 1. The topological polar surface area (TPSA) is 146 Å². The number of urea groups is 1. The van der Waals surface area contributed by atoms with Crippen molar-refractivity contribution >= 4 is 40.7 Å². The average molecular weight is 725 g/mol. The van der Waals surface area contributed by atoms with Crippen molar-refractivity contribution in [1.29, 1.82) is 0 Å². The van der Waals surface area contributed by atoms with Gasteiger partial charge in [0.1, 0.15) is 12.6 Å². The molecule has 0 radical (unpaired) electrons. The van der Waals surface area contributed by atoms with Crippen LogP contribution in [-0.2, 0) is 35.5 Å². The molecule has 2 heterocycles. The third-order valence-corrected chi connectivity index (χ3v) is 9.90. The predicted molar refractivity (Wildman–Crippen MR) is 197 cm³/mol. The lowest BCUT2D eigenvalue weighted by atomic mass is 9.93. The molecule has 13 heteroatoms. The molecule has 4 atom stereocenters. The molecule has 0 unspecified atom stereocenters. The summed E-state index contributed by atoms with van der Waals surface area (Å²) in [7, 11) is 0. The van der Waals surface area contributed by atoms with Crippen LogP contribution in [0.2, 0.25) is 0 Å². The average Bonchev–Trinajstić information content (AvgIpc) is 3.81. The van der Waals surface area contributed by atoms with Gasteiger partial charge in [-0.25, -0.2) is 14.6 Å². The summed E-state index contributed by atoms with van der Waals surface area (Å²) < 4.78 is 29.6. The standard InChI is InChI=1S/C37H48N6O5S2/c1-24(2)33(42-36(46)43(5)20-29-22-49-35(40-29)25(3)4)34(45)39-28(16-26-12-8-6-9-13-26)18-32(44)31(17-27-14-10-7-11-15-27)41-37(47)48-21-30-19-38-23-50-30/h6-15,19,22-25,28,31-33,44H,16-18,20-21H2,1-5H3,(H,39,45)(H,41,47)(H,42,46)/t28-,31-,32-,33-/m0/s1/i5+1D3. The molecule has 4 rings (SSSR count). The lowest BCUT2D eigenvalue weighted by molar-refractivity contribution is -0.124. The number of amides is 4. The number of hydrogen-bond acceptors (Lipinski definition) is 9. The van der Waals surface area contributed by atoms with E-state index in [1.807, 2.05) is 74.5 Å². The maximum absolute atomic E-state index is 14.0. The molecule has 0 saturated heterocycles. The second kappa shape index (κ2) is 19.2. The number of nitrogens with zero attached hydrogens (tertiary/aromatic N) is 3. The van der Waals surface area contributed by atoms with Crippen molar-refractivity contribution in [2.24, 2.45) is 5.92 Å². The number of ether oxygens (including phenoxy) is 1. The molecule has 4 N–H and O–H groups in total. The lowest BCUT2D eigenvalue weighted by Gasteiger charge is -2.30. The lowest BCUT2D eigenvalue weighted by Crippen LogP contribution is -2.55. The van der Waals surface area contributed by atoms with Gasteiger partial charge in [0.15, 0.2) is 0 Å². The number of nitrogens with one attached hydrogen (secondary N) is 3. The first-order valence-corrected chi connectivity index (χ1v) is 18.3. The maximum Gasteiger partial charge on any atom is 0.407 e. The summed E-state index contributed by atoms with van der Waals surface area (Å²) in [5.41, 5.74) is 3.86. The summed E-state index contributed by atoms with van der Waals surface area (Å²) in [6.45, 7) is 4.42. The molecular weight excluding hydrogens is 674 g/mol. The molecule has 0 spiro atoms. The third-order valence-electron chi connectivity index (χ3n) is 7.95. The van der Waals surface area contributed by atoms with Crippen molar-refractivity contribution in [3.05, 3.63) is 104 Å². The molecule has 0 aliphatic carbocycles. The molecule has 50 heavy (non-hydrogen) atoms. The van der Waals surface area contributed by atoms with Crippen LogP contribution in [0.1, 0.15) is 70.9 Å². The van der Waals surface area contributed by atoms with Gasteiger partial charge in [-0.15, -0.1) is 22.7 Å². The van der Waals surface area contributed by atoms with Gasteiger partial charge in [-0.1, -0.05) is 88.4 Å². The minimum Gasteiger partial charge on any atom is -0.444 e. The van der Waals surface area contributed by atoms with Crippen LogP contribution in [0.5, 0.6) is 0 Å². The third kappa shape index (κ3) is 12.2. The van der Waals surface area contributed by atoms with Crippen molar-refractivity contribution in [3.63, 3.8) is 0 Å². The minimum atomic E-state index is -2.80. The van der Waals surface area contributed by atoms with Crippen molar-refractivity contribution in [1.82, 2.24) is 30.8 Å². The highest BCUT2D eigenvalue weighted by Gasteiger charge is 2.31. The summed E-state index contributed by atoms with van der Waals surface area (Å²) in [4.78, 5) is 50.4. The maximum atomic E-state index is 14.0. The zero-order valence-electron chi connectivity index (χ0n) is 31.7. The Hall–Kier alpha value is -4.33. The number of rotatable bonds is 17. The SMILES string of the molecule is [2H][13C]([2H])([2H])N(Cc1csc(C(C)C)n1)C(=O)N[C@H](C(=O)N[C@@H](Cc1ccccc1)C[C@H](O)[C@H](Cc1ccccc1)NC(=O)OCc1cncs1)C(C)C. The van der Waals surface area contributed by atoms with Crippen LogP contribution in [0.15, 0.2) is 77.8 Å². The van der Waals surface area contributed by atoms with Gasteiger partial charge in [0.2, 0.25) is 5.91 Å². The van der Waals surface area contributed by atoms with E-state index >= 15 is 0 Å². The number of hydrogen-bond donors (Lipinski definition) is 4. The Morgan fingerprint density at radius 3 is 2.20 bits per heavy atom. The van der Waals surface area contributed by atoms with E-state index in [1.165, 1.54) is 22.7 Å². The summed E-state index contributed by atoms with van der Waals surface area (Å²) in [5, 5.41) is 22.7. The largest absolute Gasteiger partial charge is 0.444 e. The van der Waals surface area contributed by atoms with Crippen LogP contribution in [-0.4, -0.2) is 69.2 Å². The van der Waals surface area contributed by atoms with E-state index in [0.29, 0.717) is 17.0 Å². The van der Waals surface area contributed by atoms with E-state index in [-0.39, 0.29) is 31.9 Å². The highest BCUT2D eigenvalue weighted by molar-refractivity contribution is 7.09. The fourth-order valence-corrected chi connectivity index (χ4v) is 6.61. The Labute approximate surface area is 306 Å². The number of benzene rings is 2. The number of aliphatic hydroxyl groups excluding tert-OH is 1. The molecule has 0 aliphatic rings. The first kappa shape index (κ1) is 34.1. The number of carbonyl (C=O) groups is 3. The number of aromatic nitrogens is 2. The van der Waals surface area contributed by atoms with Crippen molar-refractivity contribution in [2.75, 3.05) is 6.98 Å². The molecule has 0 bridgehead atoms. The van der Waals surface area contributed by atoms with Crippen LogP contribution >= 0.6 is 22.7 Å². The Morgan fingerprint density at radius 1 is 0.940 bits per heavy atom. The first-order chi connectivity index (χ1) is 25.2. The van der Waals surface area contributed by atoms with Crippen molar-refractivity contribution in [2.45, 2.75) is 90.3 Å². The van der Waals surface area contributed by atoms with Crippen LogP contribution in [0.4, 0.5) is 9.59 Å². The van der Waals surface area contributed by atoms with Gasteiger partial charge in [0.25, 0.3) is 0 Å². The number of carbonyl (C=O) groups excluding carboxylic acids is 3. The zero-order valence-corrected chi connectivity index (χ0v) is 30.4. The van der Waals surface area contributed by atoms with Gasteiger partial charge >= 0.3 is 12.1 Å². The Bertz CT molecular complexity index is 1730. The van der Waals surface area contributed by atoms with Crippen LogP contribution in [0.3, 0.4) is 0 Å². The first-order valence-electron chi connectivity index (χ1n) is 18.1. The van der Waals surface area contributed by atoms with Gasteiger partial charge in [-0.05, 0) is 36.3 Å². The van der Waals surface area contributed by atoms with E-state index < -0.39 is 55.2 Å². The van der Waals surface area contributed by atoms with E-state index in [2.05, 4.69) is 25.9 Å². The number of aliphatic hydroxyl groups is 1. The number of thiazole rings is 2. The van der Waals surface area contributed by atoms with E-state index in [9.17, 15) is 19.5 Å². The van der Waals surface area contributed by atoms with Gasteiger partial charge < -0.3 is 30.7 Å². The second-order valence-corrected chi connectivity index (χ2v) is 14.6. The molecular formula is C37H48N6O5S2. The summed E-state index contributed by atoms with van der Waals surface area (Å²) in [6, 6.07) is 15.4. The zero-order chi connectivity index (χ0) is 38.5. The molecule has 4 aromatic rings. The van der Waals surface area contributed by atoms with Gasteiger partial charge in [0, 0.05) is 34.6 Å². The minimum absolute atomic E-state index is 0.0294. The van der Waals surface area contributed by atoms with Gasteiger partial charge in [-0.2, -0.15) is 0 Å². The van der Waals surface area contributed by atoms with E-state index in [0.717, 1.165) is 21.0 Å². The monoisotopic (exact) mass is 724 g/mol. The van der Waals surface area contributed by atoms with Crippen molar-refractivity contribution in [3.8, 4) is 0 Å². The van der Waals surface area contributed by atoms with E-state index in [1.54, 1.807) is 30.9 Å². The molecule has 268 valence electrons. The molecule has 2 aromatic carbocycles. The van der Waals surface area contributed by atoms with Gasteiger partial charge in [0.05, 0.1) is 39.8 Å². The van der Waals surface area contributed by atoms with Gasteiger partial charge in [-0.3, -0.25) is 9.78 Å². The smallest absolute Gasteiger partial charge is 0.407 e. The molecule has 11 nitrogen and oxygen atoms in total. The van der Waals surface area contributed by atoms with Crippen LogP contribution in [0, 0.1) is 5.92 Å². The van der Waals surface area contributed by atoms with Crippen molar-refractivity contribution < 1.29 is 28.3 Å². The highest BCUT2D eigenvalue weighted by atomic mass is 32.1. The summed E-state index contributed by atoms with van der Waals surface area (Å²) >= 11 is 2.75. The molecule has 2 aromatic heterocycles. The highest BCUT2D eigenvalue weighted by Crippen LogP contribution is 2.20. The molecule has 4 amide bonds. The van der Waals surface area contributed by atoms with E-state index in [4.69, 9.17) is 8.85 Å². The predicted octanol–water partition coefficient (Wildman–Crippen LogP) is 5.91.